The van der Waals surface area contributed by atoms with Crippen molar-refractivity contribution in [3.05, 3.63) is 61.2 Å². The Labute approximate surface area is 260 Å². The van der Waals surface area contributed by atoms with Crippen LogP contribution in [0.3, 0.4) is 0 Å². The molecule has 10 nitrogen and oxygen atoms in total. The van der Waals surface area contributed by atoms with E-state index in [9.17, 15) is 24.3 Å². The number of unbranched alkanes of at least 4 members (excludes halogenated alkanes) is 2. The Morgan fingerprint density at radius 2 is 1.93 bits per heavy atom. The lowest BCUT2D eigenvalue weighted by Crippen LogP contribution is -2.57. The zero-order chi connectivity index (χ0) is 31.9. The van der Waals surface area contributed by atoms with Crippen molar-refractivity contribution < 1.29 is 33.8 Å². The summed E-state index contributed by atoms with van der Waals surface area (Å²) in [6.45, 7) is 12.1. The molecule has 0 aliphatic carbocycles. The Kier molecular flexibility index (Phi) is 11.4. The van der Waals surface area contributed by atoms with Crippen molar-refractivity contribution >= 4 is 23.7 Å². The van der Waals surface area contributed by atoms with E-state index in [2.05, 4.69) is 18.5 Å². The Hall–Kier alpha value is -3.50. The van der Waals surface area contributed by atoms with Gasteiger partial charge >= 0.3 is 5.97 Å². The summed E-state index contributed by atoms with van der Waals surface area (Å²) in [4.78, 5) is 58.1. The maximum Gasteiger partial charge on any atom is 0.313 e. The predicted molar refractivity (Wildman–Crippen MR) is 165 cm³/mol. The van der Waals surface area contributed by atoms with Gasteiger partial charge in [-0.15, -0.1) is 13.2 Å². The number of allylic oxidation sites excluding steroid dienone is 1. The first-order chi connectivity index (χ1) is 21.2. The molecule has 240 valence electrons. The molecule has 44 heavy (non-hydrogen) atoms. The Morgan fingerprint density at radius 3 is 2.59 bits per heavy atom. The molecule has 1 aromatic rings. The number of aliphatic hydroxyl groups is 1. The minimum absolute atomic E-state index is 0.0549. The van der Waals surface area contributed by atoms with Crippen LogP contribution in [0.2, 0.25) is 0 Å². The number of aliphatic hydroxyl groups excluding tert-OH is 1. The van der Waals surface area contributed by atoms with Gasteiger partial charge in [0.25, 0.3) is 0 Å². The summed E-state index contributed by atoms with van der Waals surface area (Å²) in [7, 11) is 0. The number of hydrogen-bond donors (Lipinski definition) is 2. The van der Waals surface area contributed by atoms with E-state index in [1.54, 1.807) is 22.0 Å². The summed E-state index contributed by atoms with van der Waals surface area (Å²) in [6, 6.07) is 8.19. The molecule has 1 spiro atoms. The molecular formula is C34H47N3O7. The number of likely N-dealkylation sites (tertiary alicyclic amines) is 1. The predicted octanol–water partition coefficient (Wildman–Crippen LogP) is 3.31. The molecule has 4 rings (SSSR count). The third kappa shape index (κ3) is 6.76. The third-order valence-corrected chi connectivity index (χ3v) is 9.09. The molecule has 10 heteroatoms. The first-order valence-corrected chi connectivity index (χ1v) is 15.8. The average molecular weight is 610 g/mol. The number of nitrogens with zero attached hydrogens (tertiary/aromatic N) is 2. The molecule has 3 fully saturated rings. The fraction of sp³-hybridized carbons (Fsp3) is 0.588. The van der Waals surface area contributed by atoms with Crippen LogP contribution in [0.5, 0.6) is 0 Å². The van der Waals surface area contributed by atoms with Crippen LogP contribution in [-0.2, 0) is 28.7 Å². The number of benzene rings is 1. The summed E-state index contributed by atoms with van der Waals surface area (Å²) >= 11 is 0. The van der Waals surface area contributed by atoms with Gasteiger partial charge in [0.15, 0.2) is 0 Å². The van der Waals surface area contributed by atoms with Crippen molar-refractivity contribution in [3.63, 3.8) is 0 Å². The van der Waals surface area contributed by atoms with E-state index in [4.69, 9.17) is 9.47 Å². The fourth-order valence-corrected chi connectivity index (χ4v) is 7.01. The van der Waals surface area contributed by atoms with E-state index in [1.807, 2.05) is 44.2 Å². The number of fused-ring (bicyclic) bond motifs is 1. The molecule has 0 aromatic heterocycles. The topological polar surface area (TPSA) is 125 Å². The number of carbonyl (C=O) groups excluding carboxylic acids is 4. The zero-order valence-electron chi connectivity index (χ0n) is 26.0. The molecule has 2 bridgehead atoms. The smallest absolute Gasteiger partial charge is 0.313 e. The summed E-state index contributed by atoms with van der Waals surface area (Å²) < 4.78 is 12.7. The lowest BCUT2D eigenvalue weighted by atomic mass is 9.70. The van der Waals surface area contributed by atoms with Crippen LogP contribution in [0.4, 0.5) is 0 Å². The van der Waals surface area contributed by atoms with Gasteiger partial charge in [0.1, 0.15) is 17.7 Å². The lowest BCUT2D eigenvalue weighted by Gasteiger charge is -2.38. The third-order valence-electron chi connectivity index (χ3n) is 9.09. The summed E-state index contributed by atoms with van der Waals surface area (Å²) in [5, 5.41) is 12.1. The van der Waals surface area contributed by atoms with E-state index in [-0.39, 0.29) is 43.3 Å². The van der Waals surface area contributed by atoms with Gasteiger partial charge in [0.2, 0.25) is 17.7 Å². The molecule has 3 saturated heterocycles. The van der Waals surface area contributed by atoms with E-state index < -0.39 is 41.7 Å². The summed E-state index contributed by atoms with van der Waals surface area (Å²) in [5.41, 5.74) is -0.411. The van der Waals surface area contributed by atoms with Crippen LogP contribution >= 0.6 is 0 Å². The van der Waals surface area contributed by atoms with E-state index in [0.29, 0.717) is 51.6 Å². The first kappa shape index (κ1) is 33.4. The highest BCUT2D eigenvalue weighted by atomic mass is 16.6. The van der Waals surface area contributed by atoms with Crippen LogP contribution in [0.15, 0.2) is 55.6 Å². The Morgan fingerprint density at radius 1 is 1.18 bits per heavy atom. The summed E-state index contributed by atoms with van der Waals surface area (Å²) in [6.07, 6.45) is 5.77. The van der Waals surface area contributed by atoms with Crippen molar-refractivity contribution in [2.24, 2.45) is 11.8 Å². The van der Waals surface area contributed by atoms with Gasteiger partial charge in [0.05, 0.1) is 24.5 Å². The normalized spacial score (nSPS) is 25.9. The maximum atomic E-state index is 14.2. The molecule has 3 amide bonds. The molecule has 0 radical (unpaired) electrons. The van der Waals surface area contributed by atoms with Gasteiger partial charge in [0, 0.05) is 32.2 Å². The first-order valence-electron chi connectivity index (χ1n) is 15.8. The van der Waals surface area contributed by atoms with Crippen LogP contribution in [0, 0.1) is 11.8 Å². The van der Waals surface area contributed by atoms with Crippen LogP contribution in [0.1, 0.15) is 70.5 Å². The van der Waals surface area contributed by atoms with Gasteiger partial charge in [-0.3, -0.25) is 19.2 Å². The van der Waals surface area contributed by atoms with Crippen molar-refractivity contribution in [3.8, 4) is 0 Å². The highest BCUT2D eigenvalue weighted by molar-refractivity contribution is 5.98. The quantitative estimate of drug-likeness (QED) is 0.158. The summed E-state index contributed by atoms with van der Waals surface area (Å²) in [5.74, 6) is -2.95. The minimum atomic E-state index is -1.13. The van der Waals surface area contributed by atoms with Crippen molar-refractivity contribution in [2.45, 2.75) is 88.7 Å². The van der Waals surface area contributed by atoms with Gasteiger partial charge in [-0.1, -0.05) is 42.5 Å². The standard InChI is InChI=1S/C34H47N3O7/c1-5-7-16-27(39)35-22-26(24-14-10-8-11-15-24)43-33(42)28-25-17-18-34(44-25)29(28)31(40)37(20-12-9-13-21-38)30(34)32(41)36(19-6-2)23(3)4/h5-6,8,10-11,14-15,23,25-26,28-30,38H,1-2,7,9,12-13,16-22H2,3-4H3,(H,35,39)/t25-,26-,28+,29+,30-,34+/m1/s1. The van der Waals surface area contributed by atoms with Crippen molar-refractivity contribution in [1.82, 2.24) is 15.1 Å². The SMILES string of the molecule is C=CCCC(=O)NC[C@@H](OC(=O)[C@@H]1[C@H]2C(=O)N(CCCCCO)[C@H](C(=O)N(CC=C)C(C)C)[C@]23CC[C@H]1O3)c1ccccc1. The number of nitrogens with one attached hydrogen (secondary N) is 1. The number of ether oxygens (including phenoxy) is 2. The zero-order valence-corrected chi connectivity index (χ0v) is 26.0. The van der Waals surface area contributed by atoms with Crippen molar-refractivity contribution in [2.75, 3.05) is 26.2 Å². The minimum Gasteiger partial charge on any atom is -0.455 e. The number of rotatable bonds is 17. The second-order valence-corrected chi connectivity index (χ2v) is 12.2. The Balaban J connectivity index is 1.61. The molecule has 1 aromatic carbocycles. The molecule has 3 heterocycles. The lowest BCUT2D eigenvalue weighted by molar-refractivity contribution is -0.160. The number of amides is 3. The Bertz CT molecular complexity index is 1200. The average Bonchev–Trinajstić information content (AvgIpc) is 3.66. The van der Waals surface area contributed by atoms with Crippen LogP contribution in [-0.4, -0.2) is 88.6 Å². The van der Waals surface area contributed by atoms with E-state index in [0.717, 1.165) is 5.56 Å². The van der Waals surface area contributed by atoms with Gasteiger partial charge in [-0.2, -0.15) is 0 Å². The monoisotopic (exact) mass is 609 g/mol. The highest BCUT2D eigenvalue weighted by Gasteiger charge is 2.75. The molecule has 0 unspecified atom stereocenters. The molecule has 2 N–H and O–H groups in total. The molecular weight excluding hydrogens is 562 g/mol. The van der Waals surface area contributed by atoms with Crippen LogP contribution < -0.4 is 5.32 Å². The molecule has 0 saturated carbocycles. The highest BCUT2D eigenvalue weighted by Crippen LogP contribution is 2.59. The second-order valence-electron chi connectivity index (χ2n) is 12.2. The largest absolute Gasteiger partial charge is 0.455 e. The number of esters is 1. The van der Waals surface area contributed by atoms with Gasteiger partial charge in [-0.25, -0.2) is 0 Å². The van der Waals surface area contributed by atoms with Gasteiger partial charge < -0.3 is 29.7 Å². The van der Waals surface area contributed by atoms with Crippen molar-refractivity contribution in [1.29, 1.82) is 0 Å². The van der Waals surface area contributed by atoms with Crippen LogP contribution in [0.25, 0.3) is 0 Å². The van der Waals surface area contributed by atoms with E-state index in [1.165, 1.54) is 0 Å². The molecule has 6 atom stereocenters. The van der Waals surface area contributed by atoms with Gasteiger partial charge in [-0.05, 0) is 57.9 Å². The maximum absolute atomic E-state index is 14.2. The number of hydrogen-bond acceptors (Lipinski definition) is 7. The fourth-order valence-electron chi connectivity index (χ4n) is 7.01. The number of carbonyl (C=O) groups is 4. The second kappa shape index (κ2) is 15.0. The molecule has 3 aliphatic rings. The molecule has 3 aliphatic heterocycles. The van der Waals surface area contributed by atoms with E-state index >= 15 is 0 Å².